The quantitative estimate of drug-likeness (QED) is 0.114. The first-order chi connectivity index (χ1) is 39.8. The highest BCUT2D eigenvalue weighted by Crippen LogP contribution is 2.49. The number of aromatic carboxylic acids is 1. The highest BCUT2D eigenvalue weighted by atomic mass is 19.1. The standard InChI is InChI=1S/C60H72FN7O16/c1-27-12-11-13-28(2)58(77)63-45-46(66-19-16-35(17-20-66)62-23-34-24-67(26-40(34)65-81-10)57-39(61)22-37-50(73)38(59(78)79)25-68(36-14-15-36)56(37)64-57)52(75)42-43(51(45)74)49(72)32(6)54-44(42)55(76)60(8,84-54)82-21-18-41(80-9)29(3)53(83-33(7)69)31(5)48(71)30(4)47(27)70/h11-13,18,21-22,25,27,29-31,34-36,41,47-48,53,62,70-72H,14-17,19-20,23-24,26H2,1-10H3,(H,63,77)(H,78,79)/b12-11+,21-18+,28-13-,65-40+/t27-,29+,30+,31+,34?,41-,47-,48+,53+,60-/m0/s1. The van der Waals surface area contributed by atoms with Crippen molar-refractivity contribution < 1.29 is 77.4 Å². The van der Waals surface area contributed by atoms with Gasteiger partial charge in [-0.05, 0) is 51.7 Å². The molecule has 1 unspecified atom stereocenters. The summed E-state index contributed by atoms with van der Waals surface area (Å²) in [6.07, 6.45) is 6.68. The van der Waals surface area contributed by atoms with Crippen LogP contribution in [-0.2, 0) is 28.6 Å². The van der Waals surface area contributed by atoms with Crippen LogP contribution in [0, 0.1) is 42.3 Å². The Balaban J connectivity index is 1.01. The average molecular weight is 1170 g/mol. The number of rotatable bonds is 10. The number of methoxy groups -OCH3 is 1. The lowest BCUT2D eigenvalue weighted by Gasteiger charge is -2.38. The number of piperidine rings is 1. The number of esters is 1. The highest BCUT2D eigenvalue weighted by molar-refractivity contribution is 6.32. The number of carboxylic acids is 1. The van der Waals surface area contributed by atoms with E-state index in [-0.39, 0.29) is 89.2 Å². The number of aliphatic hydroxyl groups excluding tert-OH is 2. The molecule has 1 aromatic carbocycles. The summed E-state index contributed by atoms with van der Waals surface area (Å²) >= 11 is 0. The second-order valence-corrected chi connectivity index (χ2v) is 23.0. The topological polar surface area (TPSA) is 307 Å². The Hall–Kier alpha value is -7.80. The van der Waals surface area contributed by atoms with Crippen molar-refractivity contribution in [2.24, 2.45) is 34.7 Å². The summed E-state index contributed by atoms with van der Waals surface area (Å²) in [6.45, 7) is 13.3. The lowest BCUT2D eigenvalue weighted by Crippen LogP contribution is -2.48. The summed E-state index contributed by atoms with van der Waals surface area (Å²) in [5.41, 5.74) is -2.41. The number of carbonyl (C=O) groups is 6. The number of carboxylic acid groups (broad SMARTS) is 1. The van der Waals surface area contributed by atoms with Gasteiger partial charge in [-0.2, -0.15) is 0 Å². The number of nitrogens with one attached hydrogen (secondary N) is 2. The highest BCUT2D eigenvalue weighted by Gasteiger charge is 2.53. The Labute approximate surface area is 483 Å². The minimum Gasteiger partial charge on any atom is -0.507 e. The first kappa shape index (κ1) is 60.8. The van der Waals surface area contributed by atoms with Crippen LogP contribution in [0.3, 0.4) is 0 Å². The third-order valence-corrected chi connectivity index (χ3v) is 17.3. The number of fused-ring (bicyclic) bond motifs is 15. The fourth-order valence-corrected chi connectivity index (χ4v) is 12.2. The van der Waals surface area contributed by atoms with Gasteiger partial charge in [-0.25, -0.2) is 14.2 Å². The third kappa shape index (κ3) is 11.3. The van der Waals surface area contributed by atoms with E-state index in [0.29, 0.717) is 25.1 Å². The van der Waals surface area contributed by atoms with Crippen molar-refractivity contribution in [1.82, 2.24) is 25.1 Å². The number of aromatic hydroxyl groups is 1. The number of amides is 1. The normalized spacial score (nSPS) is 30.0. The van der Waals surface area contributed by atoms with Crippen LogP contribution < -0.4 is 25.7 Å². The summed E-state index contributed by atoms with van der Waals surface area (Å²) in [4.78, 5) is 110. The summed E-state index contributed by atoms with van der Waals surface area (Å²) in [6, 6.07) is 0.770. The number of aromatic nitrogens is 2. The molecule has 10 atom stereocenters. The van der Waals surface area contributed by atoms with E-state index in [0.717, 1.165) is 25.2 Å². The smallest absolute Gasteiger partial charge is 0.341 e. The summed E-state index contributed by atoms with van der Waals surface area (Å²) in [7, 11) is 2.81. The first-order valence-electron chi connectivity index (χ1n) is 28.2. The number of ketones is 3. The lowest BCUT2D eigenvalue weighted by molar-refractivity contribution is -0.160. The number of hydrogen-bond acceptors (Lipinski definition) is 20. The van der Waals surface area contributed by atoms with Crippen LogP contribution in [0.5, 0.6) is 11.5 Å². The molecule has 84 heavy (non-hydrogen) atoms. The van der Waals surface area contributed by atoms with Crippen LogP contribution in [0.25, 0.3) is 11.0 Å². The molecule has 0 spiro atoms. The second kappa shape index (κ2) is 24.1. The van der Waals surface area contributed by atoms with Crippen LogP contribution in [-0.4, -0.2) is 159 Å². The van der Waals surface area contributed by atoms with Crippen molar-refractivity contribution in [1.29, 1.82) is 0 Å². The molecule has 5 aliphatic heterocycles. The van der Waals surface area contributed by atoms with E-state index in [9.17, 15) is 44.4 Å². The Morgan fingerprint density at radius 1 is 0.940 bits per heavy atom. The van der Waals surface area contributed by atoms with Crippen LogP contribution >= 0.6 is 0 Å². The zero-order valence-corrected chi connectivity index (χ0v) is 48.6. The molecule has 450 valence electrons. The number of hydrogen-bond donors (Lipinski definition) is 6. The minimum absolute atomic E-state index is 0.0365. The molecule has 0 radical (unpaired) electrons. The van der Waals surface area contributed by atoms with Crippen molar-refractivity contribution in [3.8, 4) is 11.5 Å². The summed E-state index contributed by atoms with van der Waals surface area (Å²) in [5.74, 6) is -12.4. The molecule has 2 aliphatic carbocycles. The van der Waals surface area contributed by atoms with E-state index < -0.39 is 128 Å². The van der Waals surface area contributed by atoms with E-state index in [4.69, 9.17) is 23.8 Å². The molecule has 7 aliphatic rings. The van der Waals surface area contributed by atoms with Gasteiger partial charge in [0.15, 0.2) is 11.6 Å². The maximum absolute atomic E-state index is 16.0. The molecule has 1 amide bonds. The molecule has 1 saturated carbocycles. The number of benzene rings is 1. The first-order valence-corrected chi connectivity index (χ1v) is 28.2. The lowest BCUT2D eigenvalue weighted by atomic mass is 9.78. The van der Waals surface area contributed by atoms with Gasteiger partial charge in [0.2, 0.25) is 17.0 Å². The number of likely N-dealkylation sites (tertiary alicyclic amines) is 1. The molecule has 10 rings (SSSR count). The van der Waals surface area contributed by atoms with Crippen molar-refractivity contribution in [3.05, 3.63) is 104 Å². The maximum atomic E-state index is 16.0. The predicted octanol–water partition coefficient (Wildman–Crippen LogP) is 5.03. The molecule has 23 nitrogen and oxygen atoms in total. The molecule has 7 heterocycles. The van der Waals surface area contributed by atoms with Crippen LogP contribution in [0.1, 0.15) is 127 Å². The van der Waals surface area contributed by atoms with E-state index in [1.54, 1.807) is 54.2 Å². The van der Waals surface area contributed by atoms with Crippen molar-refractivity contribution in [2.75, 3.05) is 51.8 Å². The van der Waals surface area contributed by atoms with Crippen molar-refractivity contribution >= 4 is 57.8 Å². The van der Waals surface area contributed by atoms with Gasteiger partial charge in [-0.1, -0.05) is 51.1 Å². The van der Waals surface area contributed by atoms with E-state index in [1.165, 1.54) is 60.3 Å². The number of nitrogens with zero attached hydrogens (tertiary/aromatic N) is 5. The number of phenols is 1. The Morgan fingerprint density at radius 2 is 1.64 bits per heavy atom. The number of oxime groups is 1. The fourth-order valence-electron chi connectivity index (χ4n) is 12.2. The average Bonchev–Trinajstić information content (AvgIpc) is 1.41. The van der Waals surface area contributed by atoms with Gasteiger partial charge in [-0.3, -0.25) is 28.8 Å². The number of carbonyl (C=O) groups excluding carboxylic acids is 5. The monoisotopic (exact) mass is 1170 g/mol. The van der Waals surface area contributed by atoms with Crippen molar-refractivity contribution in [2.45, 2.75) is 123 Å². The molecule has 2 saturated heterocycles. The van der Waals surface area contributed by atoms with Gasteiger partial charge in [0.25, 0.3) is 11.7 Å². The Bertz CT molecular complexity index is 3430. The number of halogens is 1. The van der Waals surface area contributed by atoms with E-state index in [2.05, 4.69) is 20.8 Å². The molecule has 5 bridgehead atoms. The second-order valence-electron chi connectivity index (χ2n) is 23.0. The molecule has 6 N–H and O–H groups in total. The zero-order valence-electron chi connectivity index (χ0n) is 48.6. The third-order valence-electron chi connectivity index (χ3n) is 17.3. The SMILES string of the molecule is CO/N=C1\CN(c2nc3c(cc2F)c(=O)c(C(=O)O)cn3C2CC2)CC1CNC1CCN(C2=C3NC(=O)/C(C)=C\C=C\[C@H](C)[C@H](O)[C@@H](C)[C@@H](O)[C@@H](C)[C@H](OC(C)=O)[C@H](C)[C@@H](OC)/C=C/O[C@@]4(C)Oc5c(C)c(O)c(c(c5C4=O)C2=O)C3=O)CC1. The fraction of sp³-hybridized carbons (Fsp3) is 0.517. The zero-order chi connectivity index (χ0) is 61.0. The van der Waals surface area contributed by atoms with Crippen LogP contribution in [0.4, 0.5) is 10.2 Å². The molecule has 24 heteroatoms. The van der Waals surface area contributed by atoms with Crippen LogP contribution in [0.15, 0.2) is 69.7 Å². The molecule has 2 aromatic heterocycles. The van der Waals surface area contributed by atoms with Gasteiger partial charge >= 0.3 is 17.7 Å². The summed E-state index contributed by atoms with van der Waals surface area (Å²) in [5, 5.41) is 55.1. The molecular weight excluding hydrogens is 1090 g/mol. The maximum Gasteiger partial charge on any atom is 0.341 e. The van der Waals surface area contributed by atoms with Gasteiger partial charge in [-0.15, -0.1) is 0 Å². The number of ether oxygens (including phenoxy) is 4. The largest absolute Gasteiger partial charge is 0.507 e. The molecule has 3 fully saturated rings. The van der Waals surface area contributed by atoms with E-state index in [1.807, 2.05) is 0 Å². The van der Waals surface area contributed by atoms with Gasteiger partial charge in [0.1, 0.15) is 47.3 Å². The molecule has 3 aromatic rings. The number of aliphatic hydroxyl groups is 2. The van der Waals surface area contributed by atoms with Crippen LogP contribution in [0.2, 0.25) is 0 Å². The van der Waals surface area contributed by atoms with E-state index >= 15 is 14.0 Å². The number of anilines is 1. The number of Topliss-reactive ketones (excluding diaryl/α,β-unsaturated/α-hetero) is 3. The van der Waals surface area contributed by atoms with Crippen molar-refractivity contribution in [3.63, 3.8) is 0 Å². The number of allylic oxidation sites excluding steroid dienone is 4. The van der Waals surface area contributed by atoms with Gasteiger partial charge in [0, 0.05) is 106 Å². The Morgan fingerprint density at radius 3 is 2.29 bits per heavy atom. The minimum atomic E-state index is -2.17. The molecular formula is C60H72FN7O16. The number of phenolic OH excluding ortho intramolecular Hbond substituents is 1. The van der Waals surface area contributed by atoms with Gasteiger partial charge in [0.05, 0.1) is 58.9 Å². The summed E-state index contributed by atoms with van der Waals surface area (Å²) < 4.78 is 41.5. The predicted molar refractivity (Wildman–Crippen MR) is 302 cm³/mol. The Kier molecular flexibility index (Phi) is 17.4. The number of pyridine rings is 2. The van der Waals surface area contributed by atoms with Gasteiger partial charge < -0.3 is 69.2 Å².